The highest BCUT2D eigenvalue weighted by Gasteiger charge is 2.35. The van der Waals surface area contributed by atoms with Crippen molar-refractivity contribution in [3.8, 4) is 0 Å². The van der Waals surface area contributed by atoms with Crippen LogP contribution in [0.3, 0.4) is 0 Å². The maximum absolute atomic E-state index is 12.5. The molecule has 2 heterocycles. The lowest BCUT2D eigenvalue weighted by Gasteiger charge is -2.35. The number of fused-ring (bicyclic) bond motifs is 3. The van der Waals surface area contributed by atoms with Gasteiger partial charge >= 0.3 is 6.18 Å². The number of hydrogen-bond acceptors (Lipinski definition) is 1. The summed E-state index contributed by atoms with van der Waals surface area (Å²) >= 11 is 0. The van der Waals surface area contributed by atoms with Gasteiger partial charge in [-0.15, -0.1) is 0 Å². The number of para-hydroxylation sites is 1. The molecule has 0 N–H and O–H groups in total. The topological polar surface area (TPSA) is 8.17 Å². The molecule has 0 fully saturated rings. The molecule has 0 amide bonds. The van der Waals surface area contributed by atoms with E-state index in [1.54, 1.807) is 0 Å². The van der Waals surface area contributed by atoms with Crippen LogP contribution in [0.5, 0.6) is 0 Å². The summed E-state index contributed by atoms with van der Waals surface area (Å²) in [5.41, 5.74) is 2.07. The third-order valence-corrected chi connectivity index (χ3v) is 3.71. The van der Waals surface area contributed by atoms with Crippen LogP contribution in [0.15, 0.2) is 30.3 Å². The number of aromatic nitrogens is 1. The predicted molar refractivity (Wildman–Crippen MR) is 67.9 cm³/mol. The van der Waals surface area contributed by atoms with Gasteiger partial charge in [0.2, 0.25) is 0 Å². The lowest BCUT2D eigenvalue weighted by molar-refractivity contribution is -0.153. The second-order valence-electron chi connectivity index (χ2n) is 5.17. The fourth-order valence-electron chi connectivity index (χ4n) is 2.80. The summed E-state index contributed by atoms with van der Waals surface area (Å²) in [7, 11) is 0. The number of hydrogen-bond donors (Lipinski definition) is 0. The quantitative estimate of drug-likeness (QED) is 0.769. The molecule has 1 aliphatic rings. The van der Waals surface area contributed by atoms with Crippen molar-refractivity contribution < 1.29 is 13.2 Å². The van der Waals surface area contributed by atoms with E-state index in [0.717, 1.165) is 16.6 Å². The lowest BCUT2D eigenvalue weighted by Crippen LogP contribution is -2.45. The van der Waals surface area contributed by atoms with Gasteiger partial charge < -0.3 is 4.57 Å². The Labute approximate surface area is 109 Å². The molecule has 0 spiro atoms. The zero-order valence-corrected chi connectivity index (χ0v) is 10.6. The average molecular weight is 268 g/mol. The molecule has 1 atom stereocenters. The van der Waals surface area contributed by atoms with Crippen molar-refractivity contribution in [2.45, 2.75) is 32.2 Å². The van der Waals surface area contributed by atoms with Gasteiger partial charge in [0.1, 0.15) is 0 Å². The number of benzene rings is 1. The van der Waals surface area contributed by atoms with E-state index in [2.05, 4.69) is 4.57 Å². The summed E-state index contributed by atoms with van der Waals surface area (Å²) in [6, 6.07) is 9.81. The highest BCUT2D eigenvalue weighted by Crippen LogP contribution is 2.28. The Hall–Kier alpha value is -1.49. The first kappa shape index (κ1) is 12.5. The van der Waals surface area contributed by atoms with Gasteiger partial charge in [0, 0.05) is 30.3 Å². The molecule has 0 aliphatic carbocycles. The SMILES string of the molecule is CC1Cn2c(cc3ccccc32)CN1CC(F)(F)F. The number of rotatable bonds is 1. The van der Waals surface area contributed by atoms with Gasteiger partial charge in [-0.05, 0) is 24.4 Å². The summed E-state index contributed by atoms with van der Waals surface area (Å²) in [6.07, 6.45) is -4.14. The minimum absolute atomic E-state index is 0.107. The van der Waals surface area contributed by atoms with Crippen LogP contribution in [0.4, 0.5) is 13.2 Å². The Balaban J connectivity index is 1.95. The smallest absolute Gasteiger partial charge is 0.342 e. The van der Waals surface area contributed by atoms with Crippen LogP contribution in [0.2, 0.25) is 0 Å². The molecule has 3 rings (SSSR count). The Morgan fingerprint density at radius 3 is 2.74 bits per heavy atom. The fraction of sp³-hybridized carbons (Fsp3) is 0.429. The van der Waals surface area contributed by atoms with Crippen LogP contribution in [0, 0.1) is 0 Å². The Bertz CT molecular complexity index is 600. The molecule has 0 saturated heterocycles. The molecule has 1 aromatic heterocycles. The van der Waals surface area contributed by atoms with Crippen molar-refractivity contribution in [3.05, 3.63) is 36.0 Å². The third kappa shape index (κ3) is 2.34. The Kier molecular flexibility index (Phi) is 2.82. The number of halogens is 3. The largest absolute Gasteiger partial charge is 0.401 e. The van der Waals surface area contributed by atoms with Crippen LogP contribution >= 0.6 is 0 Å². The van der Waals surface area contributed by atoms with Gasteiger partial charge in [0.05, 0.1) is 6.54 Å². The molecule has 1 aromatic carbocycles. The molecule has 5 heteroatoms. The summed E-state index contributed by atoms with van der Waals surface area (Å²) in [5.74, 6) is 0. The van der Waals surface area contributed by atoms with Crippen molar-refractivity contribution in [1.29, 1.82) is 0 Å². The minimum Gasteiger partial charge on any atom is -0.342 e. The first-order chi connectivity index (χ1) is 8.94. The average Bonchev–Trinajstić information content (AvgIpc) is 2.66. The van der Waals surface area contributed by atoms with Gasteiger partial charge in [0.25, 0.3) is 0 Å². The van der Waals surface area contributed by atoms with Gasteiger partial charge in [-0.25, -0.2) is 0 Å². The Morgan fingerprint density at radius 1 is 1.26 bits per heavy atom. The van der Waals surface area contributed by atoms with E-state index in [1.165, 1.54) is 4.90 Å². The molecule has 1 aliphatic heterocycles. The maximum Gasteiger partial charge on any atom is 0.401 e. The molecule has 2 aromatic rings. The summed E-state index contributed by atoms with van der Waals surface area (Å²) < 4.78 is 39.8. The van der Waals surface area contributed by atoms with Gasteiger partial charge in [-0.3, -0.25) is 4.90 Å². The van der Waals surface area contributed by atoms with Crippen LogP contribution in [0.25, 0.3) is 10.9 Å². The van der Waals surface area contributed by atoms with Crippen LogP contribution < -0.4 is 0 Å². The normalized spacial score (nSPS) is 20.7. The molecular weight excluding hydrogens is 253 g/mol. The molecule has 0 saturated carbocycles. The Morgan fingerprint density at radius 2 is 2.00 bits per heavy atom. The lowest BCUT2D eigenvalue weighted by atomic mass is 10.2. The molecule has 0 bridgehead atoms. The zero-order chi connectivity index (χ0) is 13.6. The van der Waals surface area contributed by atoms with Crippen molar-refractivity contribution in [2.24, 2.45) is 0 Å². The summed E-state index contributed by atoms with van der Waals surface area (Å²) in [5, 5.41) is 1.10. The first-order valence-electron chi connectivity index (χ1n) is 6.32. The second-order valence-corrected chi connectivity index (χ2v) is 5.17. The van der Waals surface area contributed by atoms with E-state index >= 15 is 0 Å². The monoisotopic (exact) mass is 268 g/mol. The van der Waals surface area contributed by atoms with Crippen LogP contribution in [-0.4, -0.2) is 28.2 Å². The molecule has 2 nitrogen and oxygen atoms in total. The number of alkyl halides is 3. The van der Waals surface area contributed by atoms with Gasteiger partial charge in [0.15, 0.2) is 0 Å². The number of nitrogens with zero attached hydrogens (tertiary/aromatic N) is 2. The minimum atomic E-state index is -4.14. The molecule has 19 heavy (non-hydrogen) atoms. The van der Waals surface area contributed by atoms with Crippen molar-refractivity contribution in [1.82, 2.24) is 9.47 Å². The van der Waals surface area contributed by atoms with Crippen molar-refractivity contribution in [3.63, 3.8) is 0 Å². The van der Waals surface area contributed by atoms with E-state index < -0.39 is 12.7 Å². The third-order valence-electron chi connectivity index (χ3n) is 3.71. The second kappa shape index (κ2) is 4.27. The van der Waals surface area contributed by atoms with Crippen LogP contribution in [-0.2, 0) is 13.1 Å². The molecule has 102 valence electrons. The van der Waals surface area contributed by atoms with Gasteiger partial charge in [-0.2, -0.15) is 13.2 Å². The molecular formula is C14H15F3N2. The highest BCUT2D eigenvalue weighted by atomic mass is 19.4. The van der Waals surface area contributed by atoms with Gasteiger partial charge in [-0.1, -0.05) is 18.2 Å². The highest BCUT2D eigenvalue weighted by molar-refractivity contribution is 5.81. The van der Waals surface area contributed by atoms with E-state index in [4.69, 9.17) is 0 Å². The summed E-state index contributed by atoms with van der Waals surface area (Å²) in [4.78, 5) is 1.49. The van der Waals surface area contributed by atoms with Crippen LogP contribution in [0.1, 0.15) is 12.6 Å². The standard InChI is InChI=1S/C14H15F3N2/c1-10-7-19-12(8-18(10)9-14(15,16)17)6-11-4-2-3-5-13(11)19/h2-6,10H,7-9H2,1H3. The van der Waals surface area contributed by atoms with E-state index in [-0.39, 0.29) is 6.04 Å². The fourth-order valence-corrected chi connectivity index (χ4v) is 2.80. The first-order valence-corrected chi connectivity index (χ1v) is 6.32. The molecule has 0 radical (unpaired) electrons. The predicted octanol–water partition coefficient (Wildman–Crippen LogP) is 3.41. The van der Waals surface area contributed by atoms with Crippen molar-refractivity contribution >= 4 is 10.9 Å². The van der Waals surface area contributed by atoms with E-state index in [1.807, 2.05) is 37.3 Å². The van der Waals surface area contributed by atoms with Crippen molar-refractivity contribution in [2.75, 3.05) is 6.54 Å². The van der Waals surface area contributed by atoms with E-state index in [9.17, 15) is 13.2 Å². The molecule has 1 unspecified atom stereocenters. The van der Waals surface area contributed by atoms with E-state index in [0.29, 0.717) is 13.1 Å². The maximum atomic E-state index is 12.5. The zero-order valence-electron chi connectivity index (χ0n) is 10.6. The summed E-state index contributed by atoms with van der Waals surface area (Å²) in [6.45, 7) is 1.98.